The lowest BCUT2D eigenvalue weighted by molar-refractivity contribution is 0.0686. The van der Waals surface area contributed by atoms with Crippen molar-refractivity contribution in [3.63, 3.8) is 0 Å². The zero-order valence-electron chi connectivity index (χ0n) is 11.5. The van der Waals surface area contributed by atoms with Crippen molar-refractivity contribution >= 4 is 16.0 Å². The van der Waals surface area contributed by atoms with Gasteiger partial charge in [-0.2, -0.15) is 5.10 Å². The summed E-state index contributed by atoms with van der Waals surface area (Å²) in [6, 6.07) is -0.307. The number of sulfonamides is 1. The number of carboxylic acids is 1. The summed E-state index contributed by atoms with van der Waals surface area (Å²) in [6.45, 7) is 2.00. The molecule has 1 aromatic heterocycles. The lowest BCUT2D eigenvalue weighted by Gasteiger charge is -2.19. The summed E-state index contributed by atoms with van der Waals surface area (Å²) in [5.41, 5.74) is -0.274. The minimum Gasteiger partial charge on any atom is -0.476 e. The van der Waals surface area contributed by atoms with Gasteiger partial charge in [-0.15, -0.1) is 0 Å². The largest absolute Gasteiger partial charge is 0.476 e. The molecule has 0 spiro atoms. The first-order valence-corrected chi connectivity index (χ1v) is 8.30. The molecule has 116 valence electrons. The zero-order chi connectivity index (χ0) is 15.2. The maximum Gasteiger partial charge on any atom is 0.357 e. The Morgan fingerprint density at radius 2 is 2.14 bits per heavy atom. The van der Waals surface area contributed by atoms with E-state index in [0.717, 1.165) is 12.8 Å². The van der Waals surface area contributed by atoms with Crippen LogP contribution in [0.15, 0.2) is 4.90 Å². The van der Waals surface area contributed by atoms with Gasteiger partial charge in [-0.1, -0.05) is 0 Å². The fourth-order valence-electron chi connectivity index (χ4n) is 2.78. The SMILES string of the molecule is Cc1[nH]nc(C(=O)O)c1S(=O)(=O)NC1CCOC1C1CC1. The molecule has 2 unspecified atom stereocenters. The summed E-state index contributed by atoms with van der Waals surface area (Å²) in [4.78, 5) is 10.8. The van der Waals surface area contributed by atoms with E-state index in [1.165, 1.54) is 6.92 Å². The van der Waals surface area contributed by atoms with Gasteiger partial charge in [0.15, 0.2) is 5.69 Å². The first-order valence-electron chi connectivity index (χ1n) is 6.82. The molecule has 3 rings (SSSR count). The standard InChI is InChI=1S/C12H17N3O5S/c1-6-11(9(12(16)17)14-13-6)21(18,19)15-8-4-5-20-10(8)7-2-3-7/h7-8,10,15H,2-5H2,1H3,(H,13,14)(H,16,17). The maximum atomic E-state index is 12.5. The number of aryl methyl sites for hydroxylation is 1. The number of rotatable bonds is 5. The topological polar surface area (TPSA) is 121 Å². The number of nitrogens with zero attached hydrogens (tertiary/aromatic N) is 1. The summed E-state index contributed by atoms with van der Waals surface area (Å²) in [5, 5.41) is 15.0. The van der Waals surface area contributed by atoms with Crippen LogP contribution < -0.4 is 4.72 Å². The van der Waals surface area contributed by atoms with Gasteiger partial charge in [0.25, 0.3) is 0 Å². The van der Waals surface area contributed by atoms with Crippen molar-refractivity contribution in [1.29, 1.82) is 0 Å². The number of carboxylic acid groups (broad SMARTS) is 1. The minimum atomic E-state index is -3.95. The monoisotopic (exact) mass is 315 g/mol. The molecule has 2 aliphatic rings. The van der Waals surface area contributed by atoms with E-state index in [4.69, 9.17) is 9.84 Å². The summed E-state index contributed by atoms with van der Waals surface area (Å²) >= 11 is 0. The van der Waals surface area contributed by atoms with Gasteiger partial charge >= 0.3 is 5.97 Å². The van der Waals surface area contributed by atoms with Gasteiger partial charge in [-0.25, -0.2) is 17.9 Å². The number of carbonyl (C=O) groups is 1. The van der Waals surface area contributed by atoms with Crippen molar-refractivity contribution in [2.45, 2.75) is 43.2 Å². The summed E-state index contributed by atoms with van der Waals surface area (Å²) in [7, 11) is -3.95. The second-order valence-electron chi connectivity index (χ2n) is 5.52. The number of ether oxygens (including phenoxy) is 1. The number of nitrogens with one attached hydrogen (secondary N) is 2. The molecule has 1 aromatic rings. The number of H-pyrrole nitrogens is 1. The highest BCUT2D eigenvalue weighted by molar-refractivity contribution is 7.89. The van der Waals surface area contributed by atoms with Crippen molar-refractivity contribution in [2.75, 3.05) is 6.61 Å². The molecule has 21 heavy (non-hydrogen) atoms. The Morgan fingerprint density at radius 3 is 2.76 bits per heavy atom. The molecule has 2 atom stereocenters. The first kappa shape index (κ1) is 14.5. The number of hydrogen-bond acceptors (Lipinski definition) is 5. The zero-order valence-corrected chi connectivity index (χ0v) is 12.3. The highest BCUT2D eigenvalue weighted by Gasteiger charge is 2.43. The Labute approximate surface area is 121 Å². The second-order valence-corrected chi connectivity index (χ2v) is 7.17. The van der Waals surface area contributed by atoms with Crippen LogP contribution in [0.2, 0.25) is 0 Å². The van der Waals surface area contributed by atoms with Crippen LogP contribution in [-0.2, 0) is 14.8 Å². The van der Waals surface area contributed by atoms with E-state index in [-0.39, 0.29) is 22.7 Å². The third-order valence-electron chi connectivity index (χ3n) is 3.89. The molecule has 2 fully saturated rings. The van der Waals surface area contributed by atoms with Gasteiger partial charge in [0, 0.05) is 6.61 Å². The molecule has 9 heteroatoms. The van der Waals surface area contributed by atoms with Gasteiger partial charge < -0.3 is 9.84 Å². The van der Waals surface area contributed by atoms with Crippen LogP contribution in [0.1, 0.15) is 35.4 Å². The predicted octanol–water partition coefficient (Wildman–Crippen LogP) is 0.262. The Hall–Kier alpha value is -1.45. The molecule has 1 saturated heterocycles. The normalized spacial score (nSPS) is 26.1. The molecule has 0 amide bonds. The van der Waals surface area contributed by atoms with Crippen LogP contribution in [-0.4, -0.2) is 48.4 Å². The van der Waals surface area contributed by atoms with Crippen LogP contribution in [0.5, 0.6) is 0 Å². The molecule has 1 saturated carbocycles. The fourth-order valence-corrected chi connectivity index (χ4v) is 4.38. The molecular weight excluding hydrogens is 298 g/mol. The van der Waals surface area contributed by atoms with E-state index in [1.807, 2.05) is 0 Å². The van der Waals surface area contributed by atoms with E-state index in [2.05, 4.69) is 14.9 Å². The highest BCUT2D eigenvalue weighted by Crippen LogP contribution is 2.39. The molecule has 0 radical (unpaired) electrons. The number of aromatic carboxylic acids is 1. The van der Waals surface area contributed by atoms with E-state index in [1.54, 1.807) is 0 Å². The Balaban J connectivity index is 1.87. The average molecular weight is 315 g/mol. The molecule has 0 bridgehead atoms. The van der Waals surface area contributed by atoms with Gasteiger partial charge in [0.2, 0.25) is 10.0 Å². The quantitative estimate of drug-likeness (QED) is 0.716. The van der Waals surface area contributed by atoms with E-state index >= 15 is 0 Å². The fraction of sp³-hybridized carbons (Fsp3) is 0.667. The van der Waals surface area contributed by atoms with Gasteiger partial charge in [0.1, 0.15) is 4.90 Å². The Bertz CT molecular complexity index is 664. The molecule has 1 aliphatic heterocycles. The maximum absolute atomic E-state index is 12.5. The van der Waals surface area contributed by atoms with E-state index in [9.17, 15) is 13.2 Å². The number of aromatic amines is 1. The third kappa shape index (κ3) is 2.68. The molecule has 3 N–H and O–H groups in total. The van der Waals surface area contributed by atoms with Gasteiger partial charge in [-0.3, -0.25) is 5.10 Å². The summed E-state index contributed by atoms with van der Waals surface area (Å²) in [6.07, 6.45) is 2.59. The lowest BCUT2D eigenvalue weighted by atomic mass is 10.1. The Kier molecular flexibility index (Phi) is 3.50. The van der Waals surface area contributed by atoms with Crippen molar-refractivity contribution in [2.24, 2.45) is 5.92 Å². The van der Waals surface area contributed by atoms with Crippen LogP contribution in [0.25, 0.3) is 0 Å². The molecule has 1 aliphatic carbocycles. The molecule has 2 heterocycles. The smallest absolute Gasteiger partial charge is 0.357 e. The van der Waals surface area contributed by atoms with Crippen molar-refractivity contribution < 1.29 is 23.1 Å². The molecular formula is C12H17N3O5S. The molecule has 8 nitrogen and oxygen atoms in total. The summed E-state index contributed by atoms with van der Waals surface area (Å²) in [5.74, 6) is -0.967. The first-order chi connectivity index (χ1) is 9.90. The van der Waals surface area contributed by atoms with Crippen LogP contribution in [0.3, 0.4) is 0 Å². The predicted molar refractivity (Wildman–Crippen MR) is 71.5 cm³/mol. The lowest BCUT2D eigenvalue weighted by Crippen LogP contribution is -2.41. The minimum absolute atomic E-state index is 0.111. The Morgan fingerprint density at radius 1 is 1.43 bits per heavy atom. The highest BCUT2D eigenvalue weighted by atomic mass is 32.2. The molecule has 0 aromatic carbocycles. The van der Waals surface area contributed by atoms with E-state index < -0.39 is 21.7 Å². The van der Waals surface area contributed by atoms with Crippen molar-refractivity contribution in [1.82, 2.24) is 14.9 Å². The third-order valence-corrected chi connectivity index (χ3v) is 5.54. The number of aromatic nitrogens is 2. The van der Waals surface area contributed by atoms with Crippen molar-refractivity contribution in [3.8, 4) is 0 Å². The second kappa shape index (κ2) is 5.08. The average Bonchev–Trinajstić information content (AvgIpc) is 3.00. The van der Waals surface area contributed by atoms with Crippen LogP contribution in [0, 0.1) is 12.8 Å². The van der Waals surface area contributed by atoms with Crippen LogP contribution >= 0.6 is 0 Å². The van der Waals surface area contributed by atoms with Crippen LogP contribution in [0.4, 0.5) is 0 Å². The van der Waals surface area contributed by atoms with Gasteiger partial charge in [0.05, 0.1) is 17.8 Å². The van der Waals surface area contributed by atoms with Gasteiger partial charge in [-0.05, 0) is 32.1 Å². The summed E-state index contributed by atoms with van der Waals surface area (Å²) < 4.78 is 33.2. The van der Waals surface area contributed by atoms with Crippen molar-refractivity contribution in [3.05, 3.63) is 11.4 Å². The number of hydrogen-bond donors (Lipinski definition) is 3. The van der Waals surface area contributed by atoms with E-state index in [0.29, 0.717) is 18.9 Å².